The lowest BCUT2D eigenvalue weighted by molar-refractivity contribution is 1.17. The average Bonchev–Trinajstić information content (AvgIpc) is 2.77. The number of hydrogen-bond donors (Lipinski definition) is 1. The summed E-state index contributed by atoms with van der Waals surface area (Å²) in [6.07, 6.45) is 1.86. The van der Waals surface area contributed by atoms with Crippen LogP contribution in [0.5, 0.6) is 0 Å². The van der Waals surface area contributed by atoms with Gasteiger partial charge in [-0.1, -0.05) is 24.3 Å². The van der Waals surface area contributed by atoms with Crippen LogP contribution >= 0.6 is 0 Å². The maximum Gasteiger partial charge on any atom is 0.100 e. The van der Waals surface area contributed by atoms with Gasteiger partial charge in [0, 0.05) is 16.5 Å². The van der Waals surface area contributed by atoms with E-state index in [9.17, 15) is 0 Å². The monoisotopic (exact) mass is 233 g/mol. The Morgan fingerprint density at radius 1 is 0.944 bits per heavy atom. The van der Waals surface area contributed by atoms with Crippen molar-refractivity contribution < 1.29 is 0 Å². The Bertz CT molecular complexity index is 890. The molecule has 0 saturated carbocycles. The molecule has 4 rings (SSSR count). The number of aromatic nitrogens is 2. The zero-order valence-corrected chi connectivity index (χ0v) is 9.67. The van der Waals surface area contributed by atoms with E-state index in [1.165, 1.54) is 5.39 Å². The molecular weight excluding hydrogens is 222 g/mol. The third-order valence-corrected chi connectivity index (χ3v) is 3.39. The van der Waals surface area contributed by atoms with Crippen LogP contribution in [0.2, 0.25) is 0 Å². The van der Waals surface area contributed by atoms with Crippen LogP contribution in [0.4, 0.5) is 5.69 Å². The molecule has 0 aliphatic heterocycles. The molecule has 86 valence electrons. The summed E-state index contributed by atoms with van der Waals surface area (Å²) < 4.78 is 2.09. The minimum absolute atomic E-state index is 0.772. The zero-order valence-electron chi connectivity index (χ0n) is 9.67. The van der Waals surface area contributed by atoms with Gasteiger partial charge in [0.2, 0.25) is 0 Å². The highest BCUT2D eigenvalue weighted by Crippen LogP contribution is 2.28. The molecule has 0 saturated heterocycles. The van der Waals surface area contributed by atoms with Gasteiger partial charge in [-0.15, -0.1) is 0 Å². The van der Waals surface area contributed by atoms with Gasteiger partial charge in [-0.2, -0.15) is 0 Å². The molecule has 0 fully saturated rings. The molecule has 0 radical (unpaired) electrons. The number of nitrogens with two attached hydrogens (primary N) is 1. The molecule has 0 spiro atoms. The number of benzene rings is 2. The van der Waals surface area contributed by atoms with Gasteiger partial charge >= 0.3 is 0 Å². The van der Waals surface area contributed by atoms with Crippen molar-refractivity contribution in [2.45, 2.75) is 0 Å². The summed E-state index contributed by atoms with van der Waals surface area (Å²) in [7, 11) is 0. The maximum absolute atomic E-state index is 6.09. The van der Waals surface area contributed by atoms with Crippen molar-refractivity contribution in [3.05, 3.63) is 54.9 Å². The van der Waals surface area contributed by atoms with E-state index in [0.717, 1.165) is 27.6 Å². The summed E-state index contributed by atoms with van der Waals surface area (Å²) in [5, 5.41) is 2.23. The summed E-state index contributed by atoms with van der Waals surface area (Å²) >= 11 is 0. The molecule has 2 heterocycles. The molecule has 0 aliphatic carbocycles. The fraction of sp³-hybridized carbons (Fsp3) is 0. The van der Waals surface area contributed by atoms with Gasteiger partial charge in [0.1, 0.15) is 6.33 Å². The van der Waals surface area contributed by atoms with Crippen molar-refractivity contribution in [1.29, 1.82) is 0 Å². The Morgan fingerprint density at radius 3 is 2.78 bits per heavy atom. The van der Waals surface area contributed by atoms with Crippen LogP contribution in [0, 0.1) is 0 Å². The second-order valence-electron chi connectivity index (χ2n) is 4.44. The summed E-state index contributed by atoms with van der Waals surface area (Å²) in [4.78, 5) is 4.48. The fourth-order valence-corrected chi connectivity index (χ4v) is 2.56. The Hall–Kier alpha value is -2.55. The van der Waals surface area contributed by atoms with Crippen LogP contribution in [0.3, 0.4) is 0 Å². The lowest BCUT2D eigenvalue weighted by Crippen LogP contribution is -1.93. The van der Waals surface area contributed by atoms with E-state index in [1.54, 1.807) is 0 Å². The molecule has 0 amide bonds. The third-order valence-electron chi connectivity index (χ3n) is 3.39. The molecule has 3 nitrogen and oxygen atoms in total. The fourth-order valence-electron chi connectivity index (χ4n) is 2.56. The lowest BCUT2D eigenvalue weighted by Gasteiger charge is -2.04. The van der Waals surface area contributed by atoms with Crippen LogP contribution in [0.25, 0.3) is 27.3 Å². The number of para-hydroxylation sites is 1. The quantitative estimate of drug-likeness (QED) is 0.474. The van der Waals surface area contributed by atoms with Crippen molar-refractivity contribution in [1.82, 2.24) is 9.38 Å². The van der Waals surface area contributed by atoms with E-state index in [2.05, 4.69) is 27.6 Å². The highest BCUT2D eigenvalue weighted by atomic mass is 15.0. The van der Waals surface area contributed by atoms with Crippen LogP contribution < -0.4 is 5.73 Å². The number of hydrogen-bond acceptors (Lipinski definition) is 2. The molecule has 3 heteroatoms. The third kappa shape index (κ3) is 1.10. The Morgan fingerprint density at radius 2 is 1.83 bits per heavy atom. The van der Waals surface area contributed by atoms with Gasteiger partial charge in [-0.25, -0.2) is 4.98 Å². The predicted molar refractivity (Wildman–Crippen MR) is 74.6 cm³/mol. The Kier molecular flexibility index (Phi) is 1.70. The molecule has 2 aromatic heterocycles. The van der Waals surface area contributed by atoms with Crippen molar-refractivity contribution >= 4 is 33.0 Å². The molecule has 2 aromatic carbocycles. The number of fused-ring (bicyclic) bond motifs is 5. The highest BCUT2D eigenvalue weighted by molar-refractivity contribution is 6.06. The van der Waals surface area contributed by atoms with Gasteiger partial charge < -0.3 is 5.73 Å². The van der Waals surface area contributed by atoms with Gasteiger partial charge in [0.05, 0.1) is 16.6 Å². The first-order valence-electron chi connectivity index (χ1n) is 5.87. The van der Waals surface area contributed by atoms with E-state index >= 15 is 0 Å². The Labute approximate surface area is 103 Å². The SMILES string of the molecule is Nc1cccc2ncn3c4ccccc4cc3c12. The van der Waals surface area contributed by atoms with Gasteiger partial charge in [-0.05, 0) is 24.3 Å². The van der Waals surface area contributed by atoms with E-state index in [1.807, 2.05) is 36.7 Å². The molecule has 0 atom stereocenters. The number of nitrogens with zero attached hydrogens (tertiary/aromatic N) is 2. The van der Waals surface area contributed by atoms with Gasteiger partial charge in [-0.3, -0.25) is 4.40 Å². The average molecular weight is 233 g/mol. The first-order valence-corrected chi connectivity index (χ1v) is 5.87. The first kappa shape index (κ1) is 9.48. The zero-order chi connectivity index (χ0) is 12.1. The minimum atomic E-state index is 0.772. The minimum Gasteiger partial charge on any atom is -0.398 e. The second kappa shape index (κ2) is 3.23. The van der Waals surface area contributed by atoms with Crippen molar-refractivity contribution in [2.24, 2.45) is 0 Å². The van der Waals surface area contributed by atoms with E-state index in [4.69, 9.17) is 5.73 Å². The van der Waals surface area contributed by atoms with E-state index < -0.39 is 0 Å². The van der Waals surface area contributed by atoms with Crippen molar-refractivity contribution in [2.75, 3.05) is 5.73 Å². The van der Waals surface area contributed by atoms with Crippen LogP contribution in [-0.2, 0) is 0 Å². The normalized spacial score (nSPS) is 11.6. The van der Waals surface area contributed by atoms with Gasteiger partial charge in [0.25, 0.3) is 0 Å². The molecular formula is C15H11N3. The Balaban J connectivity index is 2.35. The smallest absolute Gasteiger partial charge is 0.100 e. The molecule has 0 bridgehead atoms. The standard InChI is InChI=1S/C15H11N3/c16-11-5-3-6-12-15(11)14-8-10-4-1-2-7-13(10)18(14)9-17-12/h1-9H,16H2. The highest BCUT2D eigenvalue weighted by Gasteiger charge is 2.08. The molecule has 4 aromatic rings. The number of nitrogen functional groups attached to an aromatic ring is 1. The summed E-state index contributed by atoms with van der Waals surface area (Å²) in [5.74, 6) is 0. The molecule has 2 N–H and O–H groups in total. The summed E-state index contributed by atoms with van der Waals surface area (Å²) in [6.45, 7) is 0. The van der Waals surface area contributed by atoms with Crippen LogP contribution in [-0.4, -0.2) is 9.38 Å². The van der Waals surface area contributed by atoms with E-state index in [-0.39, 0.29) is 0 Å². The lowest BCUT2D eigenvalue weighted by atomic mass is 10.2. The van der Waals surface area contributed by atoms with E-state index in [0.29, 0.717) is 0 Å². The van der Waals surface area contributed by atoms with Gasteiger partial charge in [0.15, 0.2) is 0 Å². The molecule has 0 unspecified atom stereocenters. The number of rotatable bonds is 0. The molecule has 18 heavy (non-hydrogen) atoms. The summed E-state index contributed by atoms with van der Waals surface area (Å²) in [5.41, 5.74) is 10.1. The predicted octanol–water partition coefficient (Wildman–Crippen LogP) is 3.22. The van der Waals surface area contributed by atoms with Crippen LogP contribution in [0.15, 0.2) is 54.9 Å². The largest absolute Gasteiger partial charge is 0.398 e. The van der Waals surface area contributed by atoms with Crippen molar-refractivity contribution in [3.63, 3.8) is 0 Å². The molecule has 0 aliphatic rings. The van der Waals surface area contributed by atoms with Crippen LogP contribution in [0.1, 0.15) is 0 Å². The second-order valence-corrected chi connectivity index (χ2v) is 4.44. The summed E-state index contributed by atoms with van der Waals surface area (Å²) in [6, 6.07) is 16.3. The van der Waals surface area contributed by atoms with Crippen molar-refractivity contribution in [3.8, 4) is 0 Å². The maximum atomic E-state index is 6.09. The topological polar surface area (TPSA) is 43.3 Å². The number of anilines is 1. The first-order chi connectivity index (χ1) is 8.84.